The summed E-state index contributed by atoms with van der Waals surface area (Å²) in [4.78, 5) is 16.0. The number of aromatic nitrogens is 1. The fraction of sp³-hybridized carbons (Fsp3) is 0.200. The van der Waals surface area contributed by atoms with Crippen LogP contribution in [0.5, 0.6) is 5.75 Å². The monoisotopic (exact) mass is 332 g/mol. The lowest BCUT2D eigenvalue weighted by Crippen LogP contribution is -2.35. The fourth-order valence-electron chi connectivity index (χ4n) is 2.47. The average Bonchev–Trinajstić information content (AvgIpc) is 2.80. The zero-order valence-corrected chi connectivity index (χ0v) is 12.2. The maximum Gasteiger partial charge on any atom is 0.270 e. The van der Waals surface area contributed by atoms with Crippen molar-refractivity contribution in [1.82, 2.24) is 10.3 Å². The number of halogens is 1. The van der Waals surface area contributed by atoms with Crippen molar-refractivity contribution in [2.75, 3.05) is 0 Å². The number of carbonyl (C=O) groups excluding carboxylic acids is 1. The third-order valence-electron chi connectivity index (χ3n) is 3.42. The standard InChI is InChI=1S/C15H13BrN2O2/c16-11-2-1-9-6-12(7-10(9)5-11)18-15(20)14-4-3-13(19)8-17-14/h1-5,8,12,19H,6-7H2,(H,18,20)/t12-/m1/s1. The minimum Gasteiger partial charge on any atom is -0.506 e. The molecule has 0 saturated heterocycles. The van der Waals surface area contributed by atoms with Gasteiger partial charge in [-0.05, 0) is 48.2 Å². The number of pyridine rings is 1. The van der Waals surface area contributed by atoms with Gasteiger partial charge in [0.1, 0.15) is 11.4 Å². The van der Waals surface area contributed by atoms with Crippen molar-refractivity contribution in [3.63, 3.8) is 0 Å². The second-order valence-corrected chi connectivity index (χ2v) is 5.81. The van der Waals surface area contributed by atoms with Gasteiger partial charge >= 0.3 is 0 Å². The summed E-state index contributed by atoms with van der Waals surface area (Å²) in [5.74, 6) is -0.151. The third-order valence-corrected chi connectivity index (χ3v) is 3.91. The Balaban J connectivity index is 1.68. The summed E-state index contributed by atoms with van der Waals surface area (Å²) >= 11 is 3.46. The number of nitrogens with zero attached hydrogens (tertiary/aromatic N) is 1. The summed E-state index contributed by atoms with van der Waals surface area (Å²) in [7, 11) is 0. The largest absolute Gasteiger partial charge is 0.506 e. The molecular formula is C15H13BrN2O2. The van der Waals surface area contributed by atoms with Gasteiger partial charge in [0.25, 0.3) is 5.91 Å². The van der Waals surface area contributed by atoms with Gasteiger partial charge < -0.3 is 10.4 Å². The Morgan fingerprint density at radius 3 is 2.80 bits per heavy atom. The maximum atomic E-state index is 12.1. The zero-order chi connectivity index (χ0) is 14.1. The van der Waals surface area contributed by atoms with Crippen molar-refractivity contribution >= 4 is 21.8 Å². The van der Waals surface area contributed by atoms with E-state index in [1.165, 1.54) is 29.5 Å². The molecule has 0 bridgehead atoms. The van der Waals surface area contributed by atoms with Gasteiger partial charge in [-0.25, -0.2) is 4.98 Å². The Morgan fingerprint density at radius 1 is 1.25 bits per heavy atom. The molecule has 0 saturated carbocycles. The van der Waals surface area contributed by atoms with Crippen LogP contribution in [-0.4, -0.2) is 22.0 Å². The molecule has 20 heavy (non-hydrogen) atoms. The molecule has 1 atom stereocenters. The first-order chi connectivity index (χ1) is 9.61. The van der Waals surface area contributed by atoms with E-state index in [0.29, 0.717) is 5.69 Å². The van der Waals surface area contributed by atoms with E-state index < -0.39 is 0 Å². The lowest BCUT2D eigenvalue weighted by Gasteiger charge is -2.11. The highest BCUT2D eigenvalue weighted by molar-refractivity contribution is 9.10. The van der Waals surface area contributed by atoms with Crippen molar-refractivity contribution in [2.45, 2.75) is 18.9 Å². The minimum absolute atomic E-state index is 0.0553. The molecule has 102 valence electrons. The Hall–Kier alpha value is -1.88. The van der Waals surface area contributed by atoms with E-state index in [1.54, 1.807) is 0 Å². The number of rotatable bonds is 2. The molecule has 2 N–H and O–H groups in total. The number of fused-ring (bicyclic) bond motifs is 1. The van der Waals surface area contributed by atoms with Gasteiger partial charge in [0.2, 0.25) is 0 Å². The van der Waals surface area contributed by atoms with Crippen molar-refractivity contribution in [1.29, 1.82) is 0 Å². The predicted octanol–water partition coefficient (Wildman–Crippen LogP) is 2.45. The molecular weight excluding hydrogens is 320 g/mol. The van der Waals surface area contributed by atoms with Crippen molar-refractivity contribution in [2.24, 2.45) is 0 Å². The molecule has 0 fully saturated rings. The quantitative estimate of drug-likeness (QED) is 0.887. The SMILES string of the molecule is O=C(N[C@@H]1Cc2ccc(Br)cc2C1)c1ccc(O)cn1. The second-order valence-electron chi connectivity index (χ2n) is 4.89. The molecule has 0 spiro atoms. The molecule has 3 rings (SSSR count). The molecule has 1 aromatic carbocycles. The molecule has 1 amide bonds. The van der Waals surface area contributed by atoms with Crippen LogP contribution < -0.4 is 5.32 Å². The number of amides is 1. The van der Waals surface area contributed by atoms with Gasteiger partial charge in [0.15, 0.2) is 0 Å². The molecule has 0 radical (unpaired) electrons. The molecule has 2 aromatic rings. The van der Waals surface area contributed by atoms with Crippen LogP contribution in [0.2, 0.25) is 0 Å². The number of benzene rings is 1. The van der Waals surface area contributed by atoms with Crippen LogP contribution in [0.3, 0.4) is 0 Å². The van der Waals surface area contributed by atoms with Gasteiger partial charge in [-0.3, -0.25) is 4.79 Å². The van der Waals surface area contributed by atoms with Gasteiger partial charge in [-0.2, -0.15) is 0 Å². The Bertz CT molecular complexity index is 655. The summed E-state index contributed by atoms with van der Waals surface area (Å²) in [5, 5.41) is 12.2. The van der Waals surface area contributed by atoms with Crippen molar-refractivity contribution in [3.05, 3.63) is 57.8 Å². The van der Waals surface area contributed by atoms with E-state index in [1.807, 2.05) is 6.07 Å². The van der Waals surface area contributed by atoms with Crippen LogP contribution in [0, 0.1) is 0 Å². The van der Waals surface area contributed by atoms with E-state index in [2.05, 4.69) is 38.4 Å². The predicted molar refractivity (Wildman–Crippen MR) is 78.7 cm³/mol. The van der Waals surface area contributed by atoms with Crippen molar-refractivity contribution < 1.29 is 9.90 Å². The maximum absolute atomic E-state index is 12.1. The lowest BCUT2D eigenvalue weighted by atomic mass is 10.1. The summed E-state index contributed by atoms with van der Waals surface area (Å²) in [6.45, 7) is 0. The van der Waals surface area contributed by atoms with Crippen LogP contribution >= 0.6 is 15.9 Å². The fourth-order valence-corrected chi connectivity index (χ4v) is 2.88. The van der Waals surface area contributed by atoms with Gasteiger partial charge in [-0.15, -0.1) is 0 Å². The minimum atomic E-state index is -0.207. The first-order valence-corrected chi connectivity index (χ1v) is 7.14. The Morgan fingerprint density at radius 2 is 2.05 bits per heavy atom. The highest BCUT2D eigenvalue weighted by Crippen LogP contribution is 2.25. The third kappa shape index (κ3) is 2.67. The number of carbonyl (C=O) groups is 1. The summed E-state index contributed by atoms with van der Waals surface area (Å²) in [5.41, 5.74) is 2.86. The van der Waals surface area contributed by atoms with E-state index >= 15 is 0 Å². The van der Waals surface area contributed by atoms with Gasteiger partial charge in [-0.1, -0.05) is 22.0 Å². The van der Waals surface area contributed by atoms with Crippen LogP contribution in [0.15, 0.2) is 41.0 Å². The molecule has 1 aliphatic rings. The topological polar surface area (TPSA) is 62.2 Å². The highest BCUT2D eigenvalue weighted by atomic mass is 79.9. The van der Waals surface area contributed by atoms with Crippen LogP contribution in [-0.2, 0) is 12.8 Å². The van der Waals surface area contributed by atoms with Crippen LogP contribution in [0.4, 0.5) is 0 Å². The highest BCUT2D eigenvalue weighted by Gasteiger charge is 2.23. The summed E-state index contributed by atoms with van der Waals surface area (Å²) in [6, 6.07) is 9.28. The normalized spacial score (nSPS) is 16.8. The van der Waals surface area contributed by atoms with Crippen molar-refractivity contribution in [3.8, 4) is 5.75 Å². The number of hydrogen-bond acceptors (Lipinski definition) is 3. The number of hydrogen-bond donors (Lipinski definition) is 2. The van der Waals surface area contributed by atoms with Gasteiger partial charge in [0, 0.05) is 10.5 Å². The molecule has 1 aliphatic carbocycles. The molecule has 5 heteroatoms. The van der Waals surface area contributed by atoms with Gasteiger partial charge in [0.05, 0.1) is 6.20 Å². The first kappa shape index (κ1) is 13.1. The zero-order valence-electron chi connectivity index (χ0n) is 10.6. The molecule has 4 nitrogen and oxygen atoms in total. The molecule has 1 heterocycles. The Labute approximate surface area is 125 Å². The first-order valence-electron chi connectivity index (χ1n) is 6.35. The van der Waals surface area contributed by atoms with E-state index in [9.17, 15) is 4.79 Å². The second kappa shape index (κ2) is 5.25. The number of aromatic hydroxyl groups is 1. The van der Waals surface area contributed by atoms with E-state index in [-0.39, 0.29) is 17.7 Å². The van der Waals surface area contributed by atoms with E-state index in [4.69, 9.17) is 5.11 Å². The number of nitrogens with one attached hydrogen (secondary N) is 1. The summed E-state index contributed by atoms with van der Waals surface area (Å²) < 4.78 is 1.06. The lowest BCUT2D eigenvalue weighted by molar-refractivity contribution is 0.0933. The smallest absolute Gasteiger partial charge is 0.270 e. The summed E-state index contributed by atoms with van der Waals surface area (Å²) in [6.07, 6.45) is 2.94. The molecule has 0 aliphatic heterocycles. The molecule has 1 aromatic heterocycles. The van der Waals surface area contributed by atoms with Crippen LogP contribution in [0.1, 0.15) is 21.6 Å². The van der Waals surface area contributed by atoms with Crippen LogP contribution in [0.25, 0.3) is 0 Å². The van der Waals surface area contributed by atoms with E-state index in [0.717, 1.165) is 17.3 Å². The Kier molecular flexibility index (Phi) is 3.44. The average molecular weight is 333 g/mol. The molecule has 0 unspecified atom stereocenters.